The van der Waals surface area contributed by atoms with Gasteiger partial charge in [-0.1, -0.05) is 56.3 Å². The highest BCUT2D eigenvalue weighted by Crippen LogP contribution is 2.58. The second-order valence-electron chi connectivity index (χ2n) is 8.05. The number of rotatable bonds is 14. The van der Waals surface area contributed by atoms with Crippen LogP contribution in [0.15, 0.2) is 54.6 Å². The molecule has 0 N–H and O–H groups in total. The molecular formula is C26H34FO6PS. The molecule has 0 saturated carbocycles. The number of ether oxygens (including phenoxy) is 1. The summed E-state index contributed by atoms with van der Waals surface area (Å²) in [6, 6.07) is 14.7. The van der Waals surface area contributed by atoms with E-state index in [1.807, 2.05) is 19.9 Å². The Morgan fingerprint density at radius 3 is 2.00 bits per heavy atom. The Hall–Kier alpha value is -1.99. The van der Waals surface area contributed by atoms with E-state index in [0.717, 1.165) is 11.8 Å². The molecule has 9 heteroatoms. The number of Topliss-reactive ketones (excluding diaryl/α,β-unsaturated/α-hetero) is 1. The van der Waals surface area contributed by atoms with Crippen molar-refractivity contribution in [1.29, 1.82) is 0 Å². The molecule has 0 spiro atoms. The summed E-state index contributed by atoms with van der Waals surface area (Å²) in [5, 5.41) is -1.56. The van der Waals surface area contributed by atoms with E-state index in [4.69, 9.17) is 13.8 Å². The summed E-state index contributed by atoms with van der Waals surface area (Å²) in [5.74, 6) is -2.02. The van der Waals surface area contributed by atoms with Crippen LogP contribution in [0, 0.1) is 11.7 Å². The molecule has 0 fully saturated rings. The van der Waals surface area contributed by atoms with E-state index >= 15 is 0 Å². The summed E-state index contributed by atoms with van der Waals surface area (Å²) in [6.07, 6.45) is 0. The Labute approximate surface area is 211 Å². The van der Waals surface area contributed by atoms with Gasteiger partial charge >= 0.3 is 13.6 Å². The fraction of sp³-hybridized carbons (Fsp3) is 0.462. The Kier molecular flexibility index (Phi) is 11.6. The average Bonchev–Trinajstić information content (AvgIpc) is 2.82. The minimum absolute atomic E-state index is 0.0538. The van der Waals surface area contributed by atoms with E-state index in [1.54, 1.807) is 51.1 Å². The van der Waals surface area contributed by atoms with Crippen LogP contribution >= 0.6 is 19.4 Å². The van der Waals surface area contributed by atoms with Gasteiger partial charge in [-0.15, -0.1) is 11.8 Å². The highest BCUT2D eigenvalue weighted by atomic mass is 32.2. The molecule has 3 unspecified atom stereocenters. The number of hydrogen-bond donors (Lipinski definition) is 0. The predicted molar refractivity (Wildman–Crippen MR) is 137 cm³/mol. The van der Waals surface area contributed by atoms with Crippen LogP contribution in [0.5, 0.6) is 0 Å². The third kappa shape index (κ3) is 7.50. The molecular weight excluding hydrogens is 490 g/mol. The molecule has 0 heterocycles. The number of carbonyl (C=O) groups is 2. The zero-order chi connectivity index (χ0) is 26.0. The van der Waals surface area contributed by atoms with Gasteiger partial charge in [0.1, 0.15) is 5.82 Å². The van der Waals surface area contributed by atoms with Crippen LogP contribution in [0.4, 0.5) is 4.39 Å². The predicted octanol–water partition coefficient (Wildman–Crippen LogP) is 6.71. The first-order valence-electron chi connectivity index (χ1n) is 11.7. The van der Waals surface area contributed by atoms with Crippen molar-refractivity contribution >= 4 is 31.1 Å². The third-order valence-electron chi connectivity index (χ3n) is 5.23. The Bertz CT molecular complexity index is 1010. The Morgan fingerprint density at radius 2 is 1.49 bits per heavy atom. The van der Waals surface area contributed by atoms with E-state index < -0.39 is 41.3 Å². The van der Waals surface area contributed by atoms with Crippen LogP contribution < -0.4 is 0 Å². The molecule has 2 rings (SSSR count). The number of benzene rings is 2. The molecule has 0 aliphatic rings. The maximum absolute atomic E-state index is 14.6. The molecule has 3 atom stereocenters. The van der Waals surface area contributed by atoms with Gasteiger partial charge in [0, 0.05) is 5.25 Å². The van der Waals surface area contributed by atoms with Gasteiger partial charge in [0.2, 0.25) is 0 Å². The lowest BCUT2D eigenvalue weighted by molar-refractivity contribution is -0.143. The first kappa shape index (κ1) is 29.2. The highest BCUT2D eigenvalue weighted by Gasteiger charge is 2.50. The lowest BCUT2D eigenvalue weighted by atomic mass is 10.0. The van der Waals surface area contributed by atoms with E-state index in [-0.39, 0.29) is 31.3 Å². The van der Waals surface area contributed by atoms with Gasteiger partial charge in [0.25, 0.3) is 0 Å². The zero-order valence-electron chi connectivity index (χ0n) is 20.8. The first-order valence-corrected chi connectivity index (χ1v) is 14.3. The molecule has 0 bridgehead atoms. The van der Waals surface area contributed by atoms with Gasteiger partial charge in [-0.2, -0.15) is 0 Å². The minimum atomic E-state index is -3.97. The molecule has 0 saturated heterocycles. The lowest BCUT2D eigenvalue weighted by Gasteiger charge is -2.34. The summed E-state index contributed by atoms with van der Waals surface area (Å²) >= 11 is 1.15. The van der Waals surface area contributed by atoms with Crippen molar-refractivity contribution in [3.8, 4) is 0 Å². The van der Waals surface area contributed by atoms with E-state index in [2.05, 4.69) is 0 Å². The largest absolute Gasteiger partial charge is 0.465 e. The molecule has 2 aromatic carbocycles. The fourth-order valence-corrected chi connectivity index (χ4v) is 7.97. The second-order valence-corrected chi connectivity index (χ2v) is 11.5. The number of carbonyl (C=O) groups excluding carboxylic acids is 2. The van der Waals surface area contributed by atoms with Crippen LogP contribution in [-0.4, -0.2) is 42.5 Å². The normalized spacial score (nSPS) is 14.4. The summed E-state index contributed by atoms with van der Waals surface area (Å²) in [6.45, 7) is 8.94. The summed E-state index contributed by atoms with van der Waals surface area (Å²) in [7, 11) is -3.97. The van der Waals surface area contributed by atoms with Gasteiger partial charge in [-0.3, -0.25) is 14.2 Å². The van der Waals surface area contributed by atoms with Crippen molar-refractivity contribution in [3.63, 3.8) is 0 Å². The van der Waals surface area contributed by atoms with Crippen molar-refractivity contribution in [3.05, 3.63) is 71.5 Å². The number of thioether (sulfide) groups is 1. The Morgan fingerprint density at radius 1 is 0.914 bits per heavy atom. The number of halogens is 1. The van der Waals surface area contributed by atoms with E-state index in [1.165, 1.54) is 18.2 Å². The van der Waals surface area contributed by atoms with Crippen molar-refractivity contribution in [1.82, 2.24) is 0 Å². The molecule has 2 aromatic rings. The SMILES string of the molecule is CCOC(=O)C(C(SC(C(=O)c1ccccc1F)c1ccccc1)C(C)C)P(=O)(OCC)OCC. The molecule has 35 heavy (non-hydrogen) atoms. The second kappa shape index (κ2) is 13.9. The van der Waals surface area contributed by atoms with Crippen LogP contribution in [0.3, 0.4) is 0 Å². The van der Waals surface area contributed by atoms with Gasteiger partial charge < -0.3 is 13.8 Å². The monoisotopic (exact) mass is 524 g/mol. The van der Waals surface area contributed by atoms with Gasteiger partial charge in [-0.05, 0) is 44.4 Å². The molecule has 192 valence electrons. The van der Waals surface area contributed by atoms with Crippen molar-refractivity contribution in [2.75, 3.05) is 19.8 Å². The number of hydrogen-bond acceptors (Lipinski definition) is 7. The summed E-state index contributed by atoms with van der Waals surface area (Å²) in [5.41, 5.74) is -0.685. The van der Waals surface area contributed by atoms with Crippen LogP contribution in [0.25, 0.3) is 0 Å². The smallest absolute Gasteiger partial charge is 0.346 e. The average molecular weight is 525 g/mol. The molecule has 6 nitrogen and oxygen atoms in total. The zero-order valence-corrected chi connectivity index (χ0v) is 22.5. The summed E-state index contributed by atoms with van der Waals surface area (Å²) in [4.78, 5) is 26.8. The van der Waals surface area contributed by atoms with Crippen LogP contribution in [0.1, 0.15) is 55.8 Å². The van der Waals surface area contributed by atoms with Gasteiger partial charge in [0.15, 0.2) is 11.4 Å². The van der Waals surface area contributed by atoms with Gasteiger partial charge in [0.05, 0.1) is 30.6 Å². The van der Waals surface area contributed by atoms with Gasteiger partial charge in [-0.25, -0.2) is 4.39 Å². The first-order chi connectivity index (χ1) is 16.7. The van der Waals surface area contributed by atoms with Crippen LogP contribution in [-0.2, 0) is 23.1 Å². The molecule has 0 aliphatic carbocycles. The highest BCUT2D eigenvalue weighted by molar-refractivity contribution is 8.01. The standard InChI is InChI=1S/C26H34FO6PS/c1-6-31-26(29)23(34(30,32-7-2)33-8-3)24(18(4)5)35-25(19-14-10-9-11-15-19)22(28)20-16-12-13-17-21(20)27/h9-18,23-25H,6-8H2,1-5H3. The quantitative estimate of drug-likeness (QED) is 0.154. The third-order valence-corrected chi connectivity index (χ3v) is 9.77. The van der Waals surface area contributed by atoms with Crippen molar-refractivity contribution in [2.24, 2.45) is 5.92 Å². The number of ketones is 1. The fourth-order valence-electron chi connectivity index (χ4n) is 3.70. The van der Waals surface area contributed by atoms with E-state index in [0.29, 0.717) is 5.56 Å². The van der Waals surface area contributed by atoms with Crippen molar-refractivity contribution in [2.45, 2.75) is 50.8 Å². The van der Waals surface area contributed by atoms with Crippen LogP contribution in [0.2, 0.25) is 0 Å². The Balaban J connectivity index is 2.62. The lowest BCUT2D eigenvalue weighted by Crippen LogP contribution is -2.39. The van der Waals surface area contributed by atoms with Crippen molar-refractivity contribution < 1.29 is 32.3 Å². The molecule has 0 amide bonds. The maximum atomic E-state index is 14.6. The number of esters is 1. The summed E-state index contributed by atoms with van der Waals surface area (Å²) < 4.78 is 44.9. The molecule has 0 aromatic heterocycles. The maximum Gasteiger partial charge on any atom is 0.346 e. The minimum Gasteiger partial charge on any atom is -0.465 e. The topological polar surface area (TPSA) is 78.9 Å². The molecule has 0 aliphatic heterocycles. The van der Waals surface area contributed by atoms with E-state index in [9.17, 15) is 18.5 Å². The molecule has 0 radical (unpaired) electrons.